The molecule has 39 heavy (non-hydrogen) atoms. The van der Waals surface area contributed by atoms with Crippen LogP contribution in [0.5, 0.6) is 0 Å². The van der Waals surface area contributed by atoms with E-state index in [1.807, 2.05) is 6.08 Å². The number of allylic oxidation sites excluding steroid dienone is 2. The van der Waals surface area contributed by atoms with Gasteiger partial charge >= 0.3 is 0 Å². The molecular weight excluding hydrogens is 506 g/mol. The summed E-state index contributed by atoms with van der Waals surface area (Å²) < 4.78 is 4.85. The van der Waals surface area contributed by atoms with E-state index < -0.39 is 0 Å². The lowest BCUT2D eigenvalue weighted by Crippen LogP contribution is -2.31. The minimum atomic E-state index is -0.283. The molecule has 1 heterocycles. The van der Waals surface area contributed by atoms with Crippen LogP contribution in [0.3, 0.4) is 0 Å². The summed E-state index contributed by atoms with van der Waals surface area (Å²) in [6.07, 6.45) is 4.54. The number of fused-ring (bicyclic) bond motifs is 2. The Morgan fingerprint density at radius 2 is 1.74 bits per heavy atom. The molecule has 0 bridgehead atoms. The molecule has 6 nitrogen and oxygen atoms in total. The normalized spacial score (nSPS) is 17.7. The summed E-state index contributed by atoms with van der Waals surface area (Å²) in [5.41, 5.74) is 7.83. The van der Waals surface area contributed by atoms with Crippen molar-refractivity contribution in [2.75, 3.05) is 18.6 Å². The van der Waals surface area contributed by atoms with Crippen LogP contribution >= 0.6 is 12.0 Å². The highest BCUT2D eigenvalue weighted by Gasteiger charge is 2.43. The molecule has 0 saturated heterocycles. The fourth-order valence-corrected chi connectivity index (χ4v) is 5.77. The third-order valence-corrected chi connectivity index (χ3v) is 7.84. The number of hydrazone groups is 1. The molecule has 1 unspecified atom stereocenters. The Morgan fingerprint density at radius 1 is 1.00 bits per heavy atom. The lowest BCUT2D eigenvalue weighted by Gasteiger charge is -2.30. The highest BCUT2D eigenvalue weighted by molar-refractivity contribution is 7.94. The topological polar surface area (TPSA) is 63.2 Å². The number of benzene rings is 4. The third-order valence-electron chi connectivity index (χ3n) is 7.17. The van der Waals surface area contributed by atoms with Gasteiger partial charge in [0.05, 0.1) is 19.2 Å². The van der Waals surface area contributed by atoms with E-state index in [0.717, 1.165) is 35.6 Å². The molecule has 1 N–H and O–H groups in total. The summed E-state index contributed by atoms with van der Waals surface area (Å²) in [7, 11) is 1.44. The van der Waals surface area contributed by atoms with Crippen LogP contribution in [0.25, 0.3) is 10.8 Å². The molecule has 0 saturated carbocycles. The summed E-state index contributed by atoms with van der Waals surface area (Å²) >= 11 is 1.08. The van der Waals surface area contributed by atoms with Crippen LogP contribution in [-0.4, -0.2) is 25.8 Å². The highest BCUT2D eigenvalue weighted by Crippen LogP contribution is 2.49. The highest BCUT2D eigenvalue weighted by atomic mass is 32.2. The summed E-state index contributed by atoms with van der Waals surface area (Å²) in [5, 5.41) is 6.77. The van der Waals surface area contributed by atoms with Crippen molar-refractivity contribution in [1.29, 1.82) is 0 Å². The Labute approximate surface area is 233 Å². The van der Waals surface area contributed by atoms with Crippen LogP contribution in [-0.2, 0) is 21.1 Å². The largest absolute Gasteiger partial charge is 0.344 e. The Balaban J connectivity index is 1.41. The molecule has 0 aromatic heterocycles. The fourth-order valence-electron chi connectivity index (χ4n) is 5.37. The number of anilines is 1. The number of para-hydroxylation sites is 1. The van der Waals surface area contributed by atoms with Crippen molar-refractivity contribution in [3.8, 4) is 0 Å². The lowest BCUT2D eigenvalue weighted by atomic mass is 9.75. The average molecular weight is 538 g/mol. The fraction of sp³-hybridized carbons (Fsp3) is 0.188. The van der Waals surface area contributed by atoms with Crippen molar-refractivity contribution in [3.05, 3.63) is 119 Å². The Hall–Kier alpha value is -3.91. The zero-order valence-electron chi connectivity index (χ0n) is 22.3. The molecule has 0 fully saturated rings. The van der Waals surface area contributed by atoms with E-state index in [9.17, 15) is 4.79 Å². The molecule has 1 atom stereocenters. The molecule has 1 aliphatic rings. The summed E-state index contributed by atoms with van der Waals surface area (Å²) in [6.45, 7) is 5.28. The van der Waals surface area contributed by atoms with Gasteiger partial charge in [-0.2, -0.15) is 9.44 Å². The van der Waals surface area contributed by atoms with Gasteiger partial charge in [0, 0.05) is 40.0 Å². The number of hydrogen-bond donors (Lipinski definition) is 1. The van der Waals surface area contributed by atoms with E-state index in [0.29, 0.717) is 5.56 Å². The van der Waals surface area contributed by atoms with Crippen molar-refractivity contribution < 1.29 is 14.0 Å². The molecule has 0 aliphatic carbocycles. The number of amides is 1. The first-order valence-corrected chi connectivity index (χ1v) is 13.6. The first-order valence-electron chi connectivity index (χ1n) is 12.9. The number of nitrogens with one attached hydrogen (secondary N) is 1. The lowest BCUT2D eigenvalue weighted by molar-refractivity contribution is -0.160. The van der Waals surface area contributed by atoms with Gasteiger partial charge in [0.2, 0.25) is 0 Å². The number of nitrogens with zero attached hydrogens (tertiary/aromatic N) is 2. The van der Waals surface area contributed by atoms with E-state index in [1.165, 1.54) is 34.7 Å². The molecule has 5 rings (SSSR count). The minimum absolute atomic E-state index is 0.273. The van der Waals surface area contributed by atoms with Crippen molar-refractivity contribution in [3.63, 3.8) is 0 Å². The molecule has 7 heteroatoms. The van der Waals surface area contributed by atoms with Crippen molar-refractivity contribution in [2.24, 2.45) is 5.10 Å². The van der Waals surface area contributed by atoms with Gasteiger partial charge in [-0.15, -0.1) is 0 Å². The zero-order chi connectivity index (χ0) is 27.2. The van der Waals surface area contributed by atoms with Crippen LogP contribution in [0.4, 0.5) is 5.69 Å². The van der Waals surface area contributed by atoms with E-state index in [-0.39, 0.29) is 11.3 Å². The van der Waals surface area contributed by atoms with Gasteiger partial charge in [0.1, 0.15) is 0 Å². The maximum absolute atomic E-state index is 12.6. The maximum Gasteiger partial charge on any atom is 0.271 e. The molecule has 0 spiro atoms. The van der Waals surface area contributed by atoms with Crippen LogP contribution in [0.2, 0.25) is 0 Å². The first kappa shape index (κ1) is 26.7. The van der Waals surface area contributed by atoms with Crippen LogP contribution < -0.4 is 10.3 Å². The number of carbonyl (C=O) groups is 1. The second kappa shape index (κ2) is 11.9. The Kier molecular flexibility index (Phi) is 8.12. The predicted octanol–water partition coefficient (Wildman–Crippen LogP) is 7.06. The predicted molar refractivity (Wildman–Crippen MR) is 159 cm³/mol. The summed E-state index contributed by atoms with van der Waals surface area (Å²) in [4.78, 5) is 20.4. The molecule has 198 valence electrons. The Bertz CT molecular complexity index is 1530. The van der Waals surface area contributed by atoms with Crippen molar-refractivity contribution in [1.82, 2.24) is 5.43 Å². The van der Waals surface area contributed by atoms with Gasteiger partial charge in [0.25, 0.3) is 5.91 Å². The van der Waals surface area contributed by atoms with Gasteiger partial charge in [-0.3, -0.25) is 4.79 Å². The molecule has 1 amide bonds. The van der Waals surface area contributed by atoms with Gasteiger partial charge in [-0.1, -0.05) is 60.7 Å². The zero-order valence-corrected chi connectivity index (χ0v) is 23.1. The summed E-state index contributed by atoms with van der Waals surface area (Å²) in [6, 6.07) is 30.7. The summed E-state index contributed by atoms with van der Waals surface area (Å²) in [5.74, 6) is -0.283. The smallest absolute Gasteiger partial charge is 0.271 e. The second-order valence-corrected chi connectivity index (χ2v) is 10.3. The number of carbonyl (C=O) groups excluding carboxylic acids is 1. The quantitative estimate of drug-likeness (QED) is 0.107. The first-order chi connectivity index (χ1) is 19.0. The number of hydrogen-bond acceptors (Lipinski definition) is 6. The van der Waals surface area contributed by atoms with Crippen LogP contribution in [0.1, 0.15) is 35.3 Å². The van der Waals surface area contributed by atoms with Crippen molar-refractivity contribution in [2.45, 2.75) is 30.6 Å². The van der Waals surface area contributed by atoms with Crippen molar-refractivity contribution >= 4 is 40.6 Å². The standard InChI is InChI=1S/C32H31N3O3S/c1-4-35-29-15-8-7-14-28(29)32(2,22-25-12-9-11-23-10-5-6-13-27(23)25)30(35)20-21-33-34-31(36)24-16-18-26(19-17-24)39-38-37-3/h5-21H,4,22H2,1-3H3,(H,34,36)/b30-20-,33-21+. The minimum Gasteiger partial charge on any atom is -0.344 e. The molecule has 4 aromatic carbocycles. The third kappa shape index (κ3) is 5.47. The monoisotopic (exact) mass is 537 g/mol. The number of likely N-dealkylation sites (N-methyl/N-ethyl adjacent to an activating group) is 1. The number of rotatable bonds is 9. The van der Waals surface area contributed by atoms with E-state index in [1.54, 1.807) is 30.5 Å². The SMILES string of the molecule is CCN1/C(=C\C=N\NC(=O)c2ccc(SOOC)cc2)C(C)(Cc2cccc3ccccc23)c2ccccc21. The average Bonchev–Trinajstić information content (AvgIpc) is 3.21. The van der Waals surface area contributed by atoms with Gasteiger partial charge in [0.15, 0.2) is 0 Å². The molecule has 4 aromatic rings. The molecule has 1 aliphatic heterocycles. The Morgan fingerprint density at radius 3 is 2.54 bits per heavy atom. The van der Waals surface area contributed by atoms with E-state index in [2.05, 4.69) is 101 Å². The van der Waals surface area contributed by atoms with Crippen LogP contribution in [0, 0.1) is 0 Å². The van der Waals surface area contributed by atoms with Gasteiger partial charge in [-0.25, -0.2) is 10.3 Å². The van der Waals surface area contributed by atoms with Gasteiger partial charge in [-0.05, 0) is 78.6 Å². The molecular formula is C32H31N3O3S. The van der Waals surface area contributed by atoms with Gasteiger partial charge < -0.3 is 4.90 Å². The molecule has 0 radical (unpaired) electrons. The van der Waals surface area contributed by atoms with E-state index >= 15 is 0 Å². The second-order valence-electron chi connectivity index (χ2n) is 9.52. The van der Waals surface area contributed by atoms with Crippen LogP contribution in [0.15, 0.2) is 113 Å². The maximum atomic E-state index is 12.6. The van der Waals surface area contributed by atoms with E-state index in [4.69, 9.17) is 4.33 Å².